The van der Waals surface area contributed by atoms with E-state index in [0.717, 1.165) is 5.56 Å². The molecule has 0 bridgehead atoms. The standard InChI is InChI=1S/C11H16FNO/c1-7-4-9(8(2)6-13)11(12)10(5-7)14-3/h4-5,8H,6,13H2,1-3H3. The molecule has 0 radical (unpaired) electrons. The number of aryl methyl sites for hydroxylation is 1. The molecule has 0 heterocycles. The summed E-state index contributed by atoms with van der Waals surface area (Å²) >= 11 is 0. The molecule has 0 amide bonds. The Kier molecular flexibility index (Phi) is 3.47. The molecule has 0 aliphatic heterocycles. The number of nitrogens with two attached hydrogens (primary N) is 1. The topological polar surface area (TPSA) is 35.2 Å². The van der Waals surface area contributed by atoms with Crippen LogP contribution in [0.15, 0.2) is 12.1 Å². The lowest BCUT2D eigenvalue weighted by Gasteiger charge is -2.13. The Bertz CT molecular complexity index is 325. The van der Waals surface area contributed by atoms with Crippen molar-refractivity contribution < 1.29 is 9.13 Å². The van der Waals surface area contributed by atoms with Crippen molar-refractivity contribution in [2.75, 3.05) is 13.7 Å². The predicted octanol–water partition coefficient (Wildman–Crippen LogP) is 2.20. The van der Waals surface area contributed by atoms with Gasteiger partial charge in [-0.2, -0.15) is 0 Å². The molecule has 78 valence electrons. The highest BCUT2D eigenvalue weighted by Crippen LogP contribution is 2.27. The maximum absolute atomic E-state index is 13.7. The van der Waals surface area contributed by atoms with Gasteiger partial charge in [-0.3, -0.25) is 0 Å². The minimum Gasteiger partial charge on any atom is -0.494 e. The minimum atomic E-state index is -0.295. The van der Waals surface area contributed by atoms with E-state index in [0.29, 0.717) is 17.9 Å². The lowest BCUT2D eigenvalue weighted by atomic mass is 9.98. The van der Waals surface area contributed by atoms with E-state index in [1.54, 1.807) is 6.07 Å². The lowest BCUT2D eigenvalue weighted by molar-refractivity contribution is 0.382. The maximum atomic E-state index is 13.7. The molecule has 3 heteroatoms. The molecular formula is C11H16FNO. The molecule has 0 aromatic heterocycles. The van der Waals surface area contributed by atoms with Crippen LogP contribution in [0, 0.1) is 12.7 Å². The summed E-state index contributed by atoms with van der Waals surface area (Å²) in [5.41, 5.74) is 7.12. The van der Waals surface area contributed by atoms with Crippen LogP contribution >= 0.6 is 0 Å². The van der Waals surface area contributed by atoms with E-state index in [4.69, 9.17) is 10.5 Å². The number of halogens is 1. The van der Waals surface area contributed by atoms with E-state index < -0.39 is 0 Å². The molecule has 1 aromatic rings. The van der Waals surface area contributed by atoms with Gasteiger partial charge in [0, 0.05) is 0 Å². The second-order valence-corrected chi connectivity index (χ2v) is 3.51. The Labute approximate surface area is 83.9 Å². The van der Waals surface area contributed by atoms with Crippen LogP contribution in [0.5, 0.6) is 5.75 Å². The van der Waals surface area contributed by atoms with Crippen LogP contribution in [0.4, 0.5) is 4.39 Å². The van der Waals surface area contributed by atoms with Crippen LogP contribution in [0.25, 0.3) is 0 Å². The first-order valence-corrected chi connectivity index (χ1v) is 4.64. The van der Waals surface area contributed by atoms with Crippen LogP contribution < -0.4 is 10.5 Å². The van der Waals surface area contributed by atoms with Gasteiger partial charge < -0.3 is 10.5 Å². The fraction of sp³-hybridized carbons (Fsp3) is 0.455. The summed E-state index contributed by atoms with van der Waals surface area (Å²) < 4.78 is 18.7. The zero-order valence-corrected chi connectivity index (χ0v) is 8.80. The van der Waals surface area contributed by atoms with E-state index in [1.165, 1.54) is 7.11 Å². The maximum Gasteiger partial charge on any atom is 0.168 e. The highest BCUT2D eigenvalue weighted by molar-refractivity contribution is 5.37. The zero-order chi connectivity index (χ0) is 10.7. The van der Waals surface area contributed by atoms with Crippen LogP contribution in [0.3, 0.4) is 0 Å². The van der Waals surface area contributed by atoms with Gasteiger partial charge >= 0.3 is 0 Å². The quantitative estimate of drug-likeness (QED) is 0.806. The molecule has 0 spiro atoms. The van der Waals surface area contributed by atoms with Gasteiger partial charge in [-0.05, 0) is 36.6 Å². The van der Waals surface area contributed by atoms with Gasteiger partial charge in [-0.25, -0.2) is 4.39 Å². The fourth-order valence-corrected chi connectivity index (χ4v) is 1.40. The number of ether oxygens (including phenoxy) is 1. The highest BCUT2D eigenvalue weighted by Gasteiger charge is 2.14. The van der Waals surface area contributed by atoms with E-state index in [-0.39, 0.29) is 11.7 Å². The molecule has 1 unspecified atom stereocenters. The smallest absolute Gasteiger partial charge is 0.168 e. The molecule has 1 rings (SSSR count). The molecule has 1 aromatic carbocycles. The third-order valence-corrected chi connectivity index (χ3v) is 2.32. The van der Waals surface area contributed by atoms with E-state index in [9.17, 15) is 4.39 Å². The monoisotopic (exact) mass is 197 g/mol. The third-order valence-electron chi connectivity index (χ3n) is 2.32. The summed E-state index contributed by atoms with van der Waals surface area (Å²) in [7, 11) is 1.47. The van der Waals surface area contributed by atoms with Crippen LogP contribution in [-0.2, 0) is 0 Å². The van der Waals surface area contributed by atoms with Gasteiger partial charge in [-0.1, -0.05) is 13.0 Å². The molecule has 2 N–H and O–H groups in total. The van der Waals surface area contributed by atoms with Gasteiger partial charge in [0.1, 0.15) is 0 Å². The number of benzene rings is 1. The van der Waals surface area contributed by atoms with Crippen LogP contribution in [-0.4, -0.2) is 13.7 Å². The summed E-state index contributed by atoms with van der Waals surface area (Å²) in [6.07, 6.45) is 0. The fourth-order valence-electron chi connectivity index (χ4n) is 1.40. The van der Waals surface area contributed by atoms with Crippen molar-refractivity contribution in [3.8, 4) is 5.75 Å². The summed E-state index contributed by atoms with van der Waals surface area (Å²) in [6, 6.07) is 3.50. The Balaban J connectivity index is 3.21. The van der Waals surface area contributed by atoms with E-state index in [2.05, 4.69) is 0 Å². The average molecular weight is 197 g/mol. The Morgan fingerprint density at radius 3 is 2.64 bits per heavy atom. The van der Waals surface area contributed by atoms with Crippen molar-refractivity contribution >= 4 is 0 Å². The largest absolute Gasteiger partial charge is 0.494 e. The van der Waals surface area contributed by atoms with Crippen LogP contribution in [0.2, 0.25) is 0 Å². The molecule has 0 aliphatic rings. The Morgan fingerprint density at radius 2 is 2.14 bits per heavy atom. The lowest BCUT2D eigenvalue weighted by Crippen LogP contribution is -2.11. The van der Waals surface area contributed by atoms with Crippen molar-refractivity contribution in [3.05, 3.63) is 29.1 Å². The molecule has 0 saturated carbocycles. The van der Waals surface area contributed by atoms with Gasteiger partial charge in [-0.15, -0.1) is 0 Å². The van der Waals surface area contributed by atoms with Crippen molar-refractivity contribution in [1.82, 2.24) is 0 Å². The summed E-state index contributed by atoms with van der Waals surface area (Å²) in [5, 5.41) is 0. The van der Waals surface area contributed by atoms with Gasteiger partial charge in [0.15, 0.2) is 11.6 Å². The average Bonchev–Trinajstić information content (AvgIpc) is 2.19. The molecule has 0 saturated heterocycles. The number of hydrogen-bond acceptors (Lipinski definition) is 2. The molecule has 14 heavy (non-hydrogen) atoms. The Morgan fingerprint density at radius 1 is 1.50 bits per heavy atom. The third kappa shape index (κ3) is 2.04. The first-order valence-electron chi connectivity index (χ1n) is 4.64. The zero-order valence-electron chi connectivity index (χ0n) is 8.80. The van der Waals surface area contributed by atoms with Crippen molar-refractivity contribution in [1.29, 1.82) is 0 Å². The summed E-state index contributed by atoms with van der Waals surface area (Å²) in [4.78, 5) is 0. The molecular weight excluding hydrogens is 181 g/mol. The highest BCUT2D eigenvalue weighted by atomic mass is 19.1. The SMILES string of the molecule is COc1cc(C)cc(C(C)CN)c1F. The molecule has 2 nitrogen and oxygen atoms in total. The minimum absolute atomic E-state index is 0.0174. The number of hydrogen-bond donors (Lipinski definition) is 1. The first kappa shape index (κ1) is 11.0. The van der Waals surface area contributed by atoms with Crippen LogP contribution in [0.1, 0.15) is 24.0 Å². The van der Waals surface area contributed by atoms with Gasteiger partial charge in [0.05, 0.1) is 7.11 Å². The van der Waals surface area contributed by atoms with Crippen molar-refractivity contribution in [2.45, 2.75) is 19.8 Å². The van der Waals surface area contributed by atoms with Gasteiger partial charge in [0.25, 0.3) is 0 Å². The van der Waals surface area contributed by atoms with E-state index >= 15 is 0 Å². The van der Waals surface area contributed by atoms with E-state index in [1.807, 2.05) is 19.9 Å². The van der Waals surface area contributed by atoms with Crippen molar-refractivity contribution in [2.24, 2.45) is 5.73 Å². The summed E-state index contributed by atoms with van der Waals surface area (Å²) in [5.74, 6) is 0.0140. The van der Waals surface area contributed by atoms with Gasteiger partial charge in [0.2, 0.25) is 0 Å². The molecule has 0 aliphatic carbocycles. The second kappa shape index (κ2) is 4.42. The predicted molar refractivity (Wildman–Crippen MR) is 55.2 cm³/mol. The number of methoxy groups -OCH3 is 1. The first-order chi connectivity index (χ1) is 6.60. The number of rotatable bonds is 3. The molecule has 0 fully saturated rings. The Hall–Kier alpha value is -1.09. The molecule has 1 atom stereocenters. The van der Waals surface area contributed by atoms with Crippen molar-refractivity contribution in [3.63, 3.8) is 0 Å². The normalized spacial score (nSPS) is 12.6. The summed E-state index contributed by atoms with van der Waals surface area (Å²) in [6.45, 7) is 4.25. The second-order valence-electron chi connectivity index (χ2n) is 3.51.